The molecule has 114 valence electrons. The minimum absolute atomic E-state index is 0.151. The molecule has 1 aromatic rings. The zero-order chi connectivity index (χ0) is 15.4. The quantitative estimate of drug-likeness (QED) is 0.926. The summed E-state index contributed by atoms with van der Waals surface area (Å²) >= 11 is 1.49. The number of ether oxygens (including phenoxy) is 1. The van der Waals surface area contributed by atoms with Crippen molar-refractivity contribution in [3.63, 3.8) is 0 Å². The van der Waals surface area contributed by atoms with Gasteiger partial charge < -0.3 is 9.84 Å². The molecule has 1 saturated heterocycles. The Kier molecular flexibility index (Phi) is 5.12. The second-order valence-corrected chi connectivity index (χ2v) is 6.42. The molecule has 1 amide bonds. The first-order valence-electron chi connectivity index (χ1n) is 6.84. The van der Waals surface area contributed by atoms with E-state index >= 15 is 0 Å². The van der Waals surface area contributed by atoms with Crippen LogP contribution in [-0.4, -0.2) is 39.2 Å². The topological polar surface area (TPSA) is 66.8 Å². The van der Waals surface area contributed by atoms with Crippen LogP contribution in [0.4, 0.5) is 4.79 Å². The lowest BCUT2D eigenvalue weighted by molar-refractivity contribution is -0.141. The second kappa shape index (κ2) is 6.85. The van der Waals surface area contributed by atoms with E-state index in [-0.39, 0.29) is 17.9 Å². The lowest BCUT2D eigenvalue weighted by atomic mass is 10.2. The summed E-state index contributed by atoms with van der Waals surface area (Å²) < 4.78 is 5.28. The number of hydrogen-bond donors (Lipinski definition) is 1. The second-order valence-electron chi connectivity index (χ2n) is 5.27. The van der Waals surface area contributed by atoms with Crippen LogP contribution in [0.3, 0.4) is 0 Å². The first-order chi connectivity index (χ1) is 10.0. The van der Waals surface area contributed by atoms with Crippen LogP contribution in [-0.2, 0) is 16.1 Å². The summed E-state index contributed by atoms with van der Waals surface area (Å²) in [5, 5.41) is 9.10. The zero-order valence-electron chi connectivity index (χ0n) is 12.1. The Labute approximate surface area is 128 Å². The molecule has 1 aromatic carbocycles. The molecule has 0 radical (unpaired) electrons. The Morgan fingerprint density at radius 3 is 2.62 bits per heavy atom. The van der Waals surface area contributed by atoms with Crippen molar-refractivity contribution in [3.05, 3.63) is 35.9 Å². The van der Waals surface area contributed by atoms with Gasteiger partial charge in [0.1, 0.15) is 12.6 Å². The number of nitrogens with zero attached hydrogens (tertiary/aromatic N) is 1. The van der Waals surface area contributed by atoms with Crippen molar-refractivity contribution in [1.82, 2.24) is 4.90 Å². The predicted molar refractivity (Wildman–Crippen MR) is 81.0 cm³/mol. The van der Waals surface area contributed by atoms with Gasteiger partial charge in [-0.3, -0.25) is 4.90 Å². The smallest absolute Gasteiger partial charge is 0.411 e. The normalized spacial score (nSPS) is 21.6. The minimum Gasteiger partial charge on any atom is -0.480 e. The third-order valence-electron chi connectivity index (χ3n) is 3.31. The molecule has 0 saturated carbocycles. The summed E-state index contributed by atoms with van der Waals surface area (Å²) in [4.78, 5) is 24.9. The van der Waals surface area contributed by atoms with Crippen LogP contribution < -0.4 is 0 Å². The van der Waals surface area contributed by atoms with Crippen molar-refractivity contribution in [1.29, 1.82) is 0 Å². The summed E-state index contributed by atoms with van der Waals surface area (Å²) in [7, 11) is 0. The van der Waals surface area contributed by atoms with E-state index in [1.807, 2.05) is 44.2 Å². The summed E-state index contributed by atoms with van der Waals surface area (Å²) in [6.45, 7) is 4.09. The molecule has 2 rings (SSSR count). The Hall–Kier alpha value is -1.69. The Morgan fingerprint density at radius 1 is 1.38 bits per heavy atom. The number of carboxylic acids is 1. The van der Waals surface area contributed by atoms with E-state index in [1.165, 1.54) is 16.7 Å². The SMILES string of the molecule is CC(C)C1SCC(C(=O)O)N1C(=O)OCc1ccccc1. The van der Waals surface area contributed by atoms with Crippen LogP contribution in [0.2, 0.25) is 0 Å². The lowest BCUT2D eigenvalue weighted by Gasteiger charge is -2.28. The largest absolute Gasteiger partial charge is 0.480 e. The third kappa shape index (κ3) is 3.69. The monoisotopic (exact) mass is 309 g/mol. The Bertz CT molecular complexity index is 506. The van der Waals surface area contributed by atoms with E-state index in [2.05, 4.69) is 0 Å². The number of carbonyl (C=O) groups is 2. The number of amides is 1. The van der Waals surface area contributed by atoms with E-state index < -0.39 is 18.1 Å². The van der Waals surface area contributed by atoms with Gasteiger partial charge in [-0.05, 0) is 11.5 Å². The number of hydrogen-bond acceptors (Lipinski definition) is 4. The van der Waals surface area contributed by atoms with Crippen molar-refractivity contribution in [2.75, 3.05) is 5.75 Å². The highest BCUT2D eigenvalue weighted by Crippen LogP contribution is 2.34. The van der Waals surface area contributed by atoms with Gasteiger partial charge in [0, 0.05) is 5.75 Å². The zero-order valence-corrected chi connectivity index (χ0v) is 12.9. The van der Waals surface area contributed by atoms with E-state index in [0.29, 0.717) is 5.75 Å². The van der Waals surface area contributed by atoms with Crippen LogP contribution in [0.25, 0.3) is 0 Å². The summed E-state index contributed by atoms with van der Waals surface area (Å²) in [5.41, 5.74) is 0.880. The van der Waals surface area contributed by atoms with Gasteiger partial charge in [0.15, 0.2) is 0 Å². The molecular formula is C15H19NO4S. The molecule has 1 aliphatic rings. The summed E-state index contributed by atoms with van der Waals surface area (Å²) in [6.07, 6.45) is -0.560. The number of carbonyl (C=O) groups excluding carboxylic acids is 1. The maximum Gasteiger partial charge on any atom is 0.411 e. The molecule has 0 aliphatic carbocycles. The van der Waals surface area contributed by atoms with Gasteiger partial charge in [-0.25, -0.2) is 9.59 Å². The van der Waals surface area contributed by atoms with Crippen molar-refractivity contribution in [2.45, 2.75) is 31.9 Å². The highest BCUT2D eigenvalue weighted by molar-refractivity contribution is 8.00. The van der Waals surface area contributed by atoms with Crippen LogP contribution in [0, 0.1) is 5.92 Å². The minimum atomic E-state index is -0.984. The van der Waals surface area contributed by atoms with Crippen LogP contribution in [0.1, 0.15) is 19.4 Å². The van der Waals surface area contributed by atoms with E-state index in [4.69, 9.17) is 4.74 Å². The molecule has 2 atom stereocenters. The van der Waals surface area contributed by atoms with Crippen molar-refractivity contribution in [2.24, 2.45) is 5.92 Å². The number of thioether (sulfide) groups is 1. The Morgan fingerprint density at radius 2 is 2.05 bits per heavy atom. The van der Waals surface area contributed by atoms with Gasteiger partial charge in [-0.1, -0.05) is 44.2 Å². The van der Waals surface area contributed by atoms with Crippen molar-refractivity contribution >= 4 is 23.8 Å². The highest BCUT2D eigenvalue weighted by atomic mass is 32.2. The maximum atomic E-state index is 12.3. The highest BCUT2D eigenvalue weighted by Gasteiger charge is 2.43. The molecule has 6 heteroatoms. The fourth-order valence-electron chi connectivity index (χ4n) is 2.26. The fraction of sp³-hybridized carbons (Fsp3) is 0.467. The van der Waals surface area contributed by atoms with Gasteiger partial charge in [-0.2, -0.15) is 0 Å². The third-order valence-corrected chi connectivity index (χ3v) is 4.93. The maximum absolute atomic E-state index is 12.3. The number of benzene rings is 1. The molecule has 2 unspecified atom stereocenters. The molecular weight excluding hydrogens is 290 g/mol. The molecule has 0 bridgehead atoms. The number of rotatable bonds is 4. The number of aliphatic carboxylic acids is 1. The molecule has 1 N–H and O–H groups in total. The average Bonchev–Trinajstić information content (AvgIpc) is 2.91. The predicted octanol–water partition coefficient (Wildman–Crippen LogP) is 2.81. The van der Waals surface area contributed by atoms with E-state index in [0.717, 1.165) is 5.56 Å². The molecule has 1 aliphatic heterocycles. The van der Waals surface area contributed by atoms with E-state index in [9.17, 15) is 14.7 Å². The molecule has 0 spiro atoms. The standard InChI is InChI=1S/C15H19NO4S/c1-10(2)13-16(12(9-21-13)14(17)18)15(19)20-8-11-6-4-3-5-7-11/h3-7,10,12-13H,8-9H2,1-2H3,(H,17,18). The van der Waals surface area contributed by atoms with Crippen LogP contribution in [0.5, 0.6) is 0 Å². The van der Waals surface area contributed by atoms with Gasteiger partial charge in [0.25, 0.3) is 0 Å². The summed E-state index contributed by atoms with van der Waals surface area (Å²) in [5.74, 6) is -0.413. The van der Waals surface area contributed by atoms with Gasteiger partial charge in [0.2, 0.25) is 0 Å². The molecule has 0 aromatic heterocycles. The van der Waals surface area contributed by atoms with Crippen molar-refractivity contribution < 1.29 is 19.4 Å². The average molecular weight is 309 g/mol. The molecule has 5 nitrogen and oxygen atoms in total. The van der Waals surface area contributed by atoms with Gasteiger partial charge in [-0.15, -0.1) is 11.8 Å². The Balaban J connectivity index is 2.05. The van der Waals surface area contributed by atoms with Crippen molar-refractivity contribution in [3.8, 4) is 0 Å². The molecule has 1 fully saturated rings. The van der Waals surface area contributed by atoms with Crippen LogP contribution in [0.15, 0.2) is 30.3 Å². The first-order valence-corrected chi connectivity index (χ1v) is 7.89. The number of carboxylic acid groups (broad SMARTS) is 1. The molecule has 21 heavy (non-hydrogen) atoms. The van der Waals surface area contributed by atoms with Gasteiger partial charge in [0.05, 0.1) is 5.37 Å². The summed E-state index contributed by atoms with van der Waals surface area (Å²) in [6, 6.07) is 8.53. The molecule has 1 heterocycles. The lowest BCUT2D eigenvalue weighted by Crippen LogP contribution is -2.47. The fourth-order valence-corrected chi connectivity index (χ4v) is 3.72. The van der Waals surface area contributed by atoms with E-state index in [1.54, 1.807) is 0 Å². The van der Waals surface area contributed by atoms with Gasteiger partial charge >= 0.3 is 12.1 Å². The van der Waals surface area contributed by atoms with Crippen LogP contribution >= 0.6 is 11.8 Å². The first kappa shape index (κ1) is 15.7.